The molecule has 1 fully saturated rings. The number of imidazole rings is 1. The minimum absolute atomic E-state index is 0.0212. The molecule has 0 saturated carbocycles. The Labute approximate surface area is 162 Å². The van der Waals surface area contributed by atoms with E-state index in [-0.39, 0.29) is 12.7 Å². The Morgan fingerprint density at radius 2 is 2.00 bits per heavy atom. The van der Waals surface area contributed by atoms with E-state index in [0.29, 0.717) is 24.1 Å². The second kappa shape index (κ2) is 7.12. The van der Waals surface area contributed by atoms with Gasteiger partial charge in [-0.2, -0.15) is 0 Å². The number of pyridine rings is 1. The third-order valence-electron chi connectivity index (χ3n) is 5.31. The first kappa shape index (κ1) is 17.0. The number of fused-ring (bicyclic) bond motifs is 2. The maximum atomic E-state index is 12.4. The zero-order chi connectivity index (χ0) is 18.9. The Morgan fingerprint density at radius 3 is 2.89 bits per heavy atom. The Hall–Kier alpha value is -3.13. The van der Waals surface area contributed by atoms with Gasteiger partial charge < -0.3 is 19.4 Å². The fraction of sp³-hybridized carbons (Fsp3) is 0.350. The van der Waals surface area contributed by atoms with Gasteiger partial charge in [0.15, 0.2) is 17.1 Å². The van der Waals surface area contributed by atoms with Crippen LogP contribution in [0.5, 0.6) is 11.5 Å². The molecular weight excluding hydrogens is 358 g/mol. The van der Waals surface area contributed by atoms with Crippen LogP contribution in [0.3, 0.4) is 0 Å². The number of carbonyl (C=O) groups is 1. The van der Waals surface area contributed by atoms with Gasteiger partial charge in [-0.05, 0) is 37.1 Å². The molecule has 2 aromatic heterocycles. The van der Waals surface area contributed by atoms with Crippen LogP contribution in [-0.2, 0) is 4.79 Å². The van der Waals surface area contributed by atoms with Crippen LogP contribution >= 0.6 is 0 Å². The van der Waals surface area contributed by atoms with E-state index in [1.165, 1.54) is 0 Å². The van der Waals surface area contributed by atoms with Crippen molar-refractivity contribution in [2.75, 3.05) is 31.7 Å². The van der Waals surface area contributed by atoms with E-state index in [1.54, 1.807) is 12.3 Å². The van der Waals surface area contributed by atoms with Crippen molar-refractivity contribution in [1.82, 2.24) is 19.4 Å². The molecular formula is C20H21N5O3. The quantitative estimate of drug-likeness (QED) is 0.750. The second-order valence-corrected chi connectivity index (χ2v) is 7.12. The number of ether oxygens (including phenoxy) is 2. The zero-order valence-electron chi connectivity index (χ0n) is 15.4. The summed E-state index contributed by atoms with van der Waals surface area (Å²) in [4.78, 5) is 23.5. The molecule has 0 aliphatic carbocycles. The van der Waals surface area contributed by atoms with Crippen LogP contribution < -0.4 is 14.8 Å². The number of nitrogens with zero attached hydrogens (tertiary/aromatic N) is 4. The molecule has 8 nitrogen and oxygen atoms in total. The summed E-state index contributed by atoms with van der Waals surface area (Å²) in [6.07, 6.45) is 5.62. The Morgan fingerprint density at radius 1 is 1.14 bits per heavy atom. The van der Waals surface area contributed by atoms with Crippen LogP contribution in [0, 0.1) is 0 Å². The van der Waals surface area contributed by atoms with Gasteiger partial charge in [0.05, 0.1) is 12.9 Å². The van der Waals surface area contributed by atoms with Gasteiger partial charge in [0, 0.05) is 37.1 Å². The van der Waals surface area contributed by atoms with Crippen LogP contribution in [0.25, 0.3) is 11.2 Å². The number of nitrogens with one attached hydrogen (secondary N) is 1. The predicted octanol–water partition coefficient (Wildman–Crippen LogP) is 2.44. The third kappa shape index (κ3) is 3.27. The van der Waals surface area contributed by atoms with E-state index in [4.69, 9.17) is 9.47 Å². The van der Waals surface area contributed by atoms with Crippen molar-refractivity contribution in [3.63, 3.8) is 0 Å². The second-order valence-electron chi connectivity index (χ2n) is 7.12. The molecule has 1 saturated heterocycles. The van der Waals surface area contributed by atoms with Gasteiger partial charge in [-0.3, -0.25) is 9.69 Å². The largest absolute Gasteiger partial charge is 0.454 e. The number of anilines is 1. The monoisotopic (exact) mass is 379 g/mol. The highest BCUT2D eigenvalue weighted by molar-refractivity contribution is 5.92. The number of rotatable bonds is 4. The molecule has 144 valence electrons. The van der Waals surface area contributed by atoms with Gasteiger partial charge >= 0.3 is 0 Å². The van der Waals surface area contributed by atoms with Gasteiger partial charge in [0.1, 0.15) is 5.52 Å². The van der Waals surface area contributed by atoms with Crippen molar-refractivity contribution in [1.29, 1.82) is 0 Å². The first-order chi connectivity index (χ1) is 13.8. The summed E-state index contributed by atoms with van der Waals surface area (Å²) in [6, 6.07) is 9.69. The zero-order valence-corrected chi connectivity index (χ0v) is 15.4. The van der Waals surface area contributed by atoms with Crippen LogP contribution in [0.15, 0.2) is 42.9 Å². The number of carbonyl (C=O) groups excluding carboxylic acids is 1. The Kier molecular flexibility index (Phi) is 4.32. The van der Waals surface area contributed by atoms with E-state index < -0.39 is 0 Å². The lowest BCUT2D eigenvalue weighted by Crippen LogP contribution is -2.39. The fourth-order valence-corrected chi connectivity index (χ4v) is 3.87. The number of piperidine rings is 1. The summed E-state index contributed by atoms with van der Waals surface area (Å²) in [7, 11) is 0. The first-order valence-corrected chi connectivity index (χ1v) is 9.46. The van der Waals surface area contributed by atoms with Gasteiger partial charge in [0.25, 0.3) is 0 Å². The summed E-state index contributed by atoms with van der Waals surface area (Å²) < 4.78 is 12.8. The molecule has 0 atom stereocenters. The molecule has 0 unspecified atom stereocenters. The molecule has 3 aromatic rings. The summed E-state index contributed by atoms with van der Waals surface area (Å²) in [6.45, 7) is 2.34. The number of likely N-dealkylation sites (tertiary alicyclic amines) is 1. The van der Waals surface area contributed by atoms with Crippen LogP contribution in [0.2, 0.25) is 0 Å². The van der Waals surface area contributed by atoms with E-state index >= 15 is 0 Å². The maximum absolute atomic E-state index is 12.4. The molecule has 8 heteroatoms. The van der Waals surface area contributed by atoms with E-state index in [1.807, 2.05) is 30.6 Å². The molecule has 1 amide bonds. The van der Waals surface area contributed by atoms with Crippen molar-refractivity contribution < 1.29 is 14.3 Å². The summed E-state index contributed by atoms with van der Waals surface area (Å²) in [5.41, 5.74) is 2.58. The standard InChI is InChI=1S/C20H21N5O3/c26-19(23-14-3-4-17-18(10-14)28-13-27-17)11-24-8-5-15(6-9-24)25-12-22-16-2-1-7-21-20(16)25/h1-4,7,10,12,15H,5-6,8-9,11,13H2,(H,23,26). The van der Waals surface area contributed by atoms with Crippen molar-refractivity contribution in [2.45, 2.75) is 18.9 Å². The van der Waals surface area contributed by atoms with Crippen LogP contribution in [0.4, 0.5) is 5.69 Å². The minimum atomic E-state index is -0.0212. The summed E-state index contributed by atoms with van der Waals surface area (Å²) in [5.74, 6) is 1.36. The highest BCUT2D eigenvalue weighted by atomic mass is 16.7. The van der Waals surface area contributed by atoms with E-state index in [0.717, 1.165) is 42.8 Å². The van der Waals surface area contributed by atoms with Gasteiger partial charge in [-0.25, -0.2) is 9.97 Å². The average molecular weight is 379 g/mol. The summed E-state index contributed by atoms with van der Waals surface area (Å²) in [5, 5.41) is 2.94. The molecule has 0 bridgehead atoms. The van der Waals surface area contributed by atoms with Crippen molar-refractivity contribution in [3.8, 4) is 11.5 Å². The van der Waals surface area contributed by atoms with Crippen LogP contribution in [-0.4, -0.2) is 51.8 Å². The predicted molar refractivity (Wildman–Crippen MR) is 103 cm³/mol. The van der Waals surface area contributed by atoms with Gasteiger partial charge in [0.2, 0.25) is 12.7 Å². The van der Waals surface area contributed by atoms with Crippen LogP contribution in [0.1, 0.15) is 18.9 Å². The topological polar surface area (TPSA) is 81.5 Å². The highest BCUT2D eigenvalue weighted by Gasteiger charge is 2.23. The Balaban J connectivity index is 1.16. The highest BCUT2D eigenvalue weighted by Crippen LogP contribution is 2.34. The SMILES string of the molecule is O=C(CN1CCC(n2cnc3cccnc32)CC1)Nc1ccc2c(c1)OCO2. The van der Waals surface area contributed by atoms with Gasteiger partial charge in [-0.15, -0.1) is 0 Å². The van der Waals surface area contributed by atoms with Crippen molar-refractivity contribution in [3.05, 3.63) is 42.9 Å². The minimum Gasteiger partial charge on any atom is -0.454 e. The third-order valence-corrected chi connectivity index (χ3v) is 5.31. The maximum Gasteiger partial charge on any atom is 0.238 e. The van der Waals surface area contributed by atoms with Crippen molar-refractivity contribution in [2.24, 2.45) is 0 Å². The lowest BCUT2D eigenvalue weighted by Gasteiger charge is -2.32. The smallest absolute Gasteiger partial charge is 0.238 e. The fourth-order valence-electron chi connectivity index (χ4n) is 3.87. The first-order valence-electron chi connectivity index (χ1n) is 9.46. The van der Waals surface area contributed by atoms with Crippen molar-refractivity contribution >= 4 is 22.8 Å². The number of amides is 1. The number of hydrogen-bond donors (Lipinski definition) is 1. The number of hydrogen-bond acceptors (Lipinski definition) is 6. The number of aromatic nitrogens is 3. The molecule has 5 rings (SSSR count). The molecule has 1 aromatic carbocycles. The number of benzene rings is 1. The molecule has 2 aliphatic rings. The molecule has 2 aliphatic heterocycles. The normalized spacial score (nSPS) is 17.1. The summed E-state index contributed by atoms with van der Waals surface area (Å²) >= 11 is 0. The lowest BCUT2D eigenvalue weighted by atomic mass is 10.0. The average Bonchev–Trinajstić information content (AvgIpc) is 3.35. The molecule has 0 radical (unpaired) electrons. The van der Waals surface area contributed by atoms with E-state index in [9.17, 15) is 4.79 Å². The molecule has 4 heterocycles. The molecule has 0 spiro atoms. The molecule has 1 N–H and O–H groups in total. The Bertz CT molecular complexity index is 1010. The molecule has 28 heavy (non-hydrogen) atoms. The van der Waals surface area contributed by atoms with E-state index in [2.05, 4.69) is 24.8 Å². The lowest BCUT2D eigenvalue weighted by molar-refractivity contribution is -0.117. The van der Waals surface area contributed by atoms with Gasteiger partial charge in [-0.1, -0.05) is 0 Å².